The number of aryl methyl sites for hydroxylation is 1. The minimum Gasteiger partial charge on any atom is -0.491 e. The van der Waals surface area contributed by atoms with Crippen molar-refractivity contribution in [2.75, 3.05) is 26.1 Å². The molecule has 0 spiro atoms. The van der Waals surface area contributed by atoms with Gasteiger partial charge in [-0.05, 0) is 18.6 Å². The Morgan fingerprint density at radius 2 is 2.11 bits per heavy atom. The Bertz CT molecular complexity index is 395. The highest BCUT2D eigenvalue weighted by Crippen LogP contribution is 2.15. The lowest BCUT2D eigenvalue weighted by Crippen LogP contribution is -2.35. The first kappa shape index (κ1) is 14.8. The van der Waals surface area contributed by atoms with Crippen molar-refractivity contribution in [3.63, 3.8) is 0 Å². The van der Waals surface area contributed by atoms with Crippen LogP contribution in [0.25, 0.3) is 0 Å². The number of amides is 1. The van der Waals surface area contributed by atoms with Crippen LogP contribution in [0.1, 0.15) is 12.5 Å². The Kier molecular flexibility index (Phi) is 5.99. The fourth-order valence-electron chi connectivity index (χ4n) is 1.56. The number of nitrogens with zero attached hydrogens (tertiary/aromatic N) is 1. The van der Waals surface area contributed by atoms with Crippen LogP contribution < -0.4 is 4.74 Å². The van der Waals surface area contributed by atoms with Crippen LogP contribution in [0.5, 0.6) is 5.75 Å². The second-order valence-corrected chi connectivity index (χ2v) is 4.74. The smallest absolute Gasteiger partial charge is 0.226 e. The summed E-state index contributed by atoms with van der Waals surface area (Å²) in [6.45, 7) is 4.88. The van der Waals surface area contributed by atoms with Crippen molar-refractivity contribution in [3.05, 3.63) is 29.8 Å². The standard InChI is InChI=1S/C14H20ClNO2/c1-11-6-4-5-7-13(11)18-9-8-16(3)14(17)12(2)10-15/h4-7,12H,8-10H2,1-3H3. The van der Waals surface area contributed by atoms with Crippen LogP contribution in [0, 0.1) is 12.8 Å². The van der Waals surface area contributed by atoms with Crippen molar-refractivity contribution in [1.29, 1.82) is 0 Å². The van der Waals surface area contributed by atoms with Crippen LogP contribution in [-0.2, 0) is 4.79 Å². The molecule has 0 saturated heterocycles. The highest BCUT2D eigenvalue weighted by atomic mass is 35.5. The molecular weight excluding hydrogens is 250 g/mol. The van der Waals surface area contributed by atoms with Crippen LogP contribution in [0.4, 0.5) is 0 Å². The number of rotatable bonds is 6. The van der Waals surface area contributed by atoms with E-state index in [4.69, 9.17) is 16.3 Å². The van der Waals surface area contributed by atoms with Crippen molar-refractivity contribution in [2.45, 2.75) is 13.8 Å². The largest absolute Gasteiger partial charge is 0.491 e. The van der Waals surface area contributed by atoms with E-state index in [1.165, 1.54) is 0 Å². The molecule has 0 aliphatic rings. The summed E-state index contributed by atoms with van der Waals surface area (Å²) in [4.78, 5) is 13.4. The number of carbonyl (C=O) groups is 1. The Morgan fingerprint density at radius 1 is 1.44 bits per heavy atom. The quantitative estimate of drug-likeness (QED) is 0.743. The van der Waals surface area contributed by atoms with Gasteiger partial charge in [0.2, 0.25) is 5.91 Å². The molecule has 0 aliphatic heterocycles. The molecule has 4 heteroatoms. The van der Waals surface area contributed by atoms with Gasteiger partial charge in [-0.3, -0.25) is 4.79 Å². The van der Waals surface area contributed by atoms with Crippen LogP contribution in [0.3, 0.4) is 0 Å². The molecule has 0 radical (unpaired) electrons. The van der Waals surface area contributed by atoms with Crippen LogP contribution >= 0.6 is 11.6 Å². The van der Waals surface area contributed by atoms with Gasteiger partial charge < -0.3 is 9.64 Å². The maximum Gasteiger partial charge on any atom is 0.226 e. The van der Waals surface area contributed by atoms with Gasteiger partial charge in [0.1, 0.15) is 12.4 Å². The normalized spacial score (nSPS) is 12.0. The first-order valence-electron chi connectivity index (χ1n) is 6.05. The Labute approximate surface area is 114 Å². The minimum atomic E-state index is -0.143. The summed E-state index contributed by atoms with van der Waals surface area (Å²) in [7, 11) is 1.77. The average molecular weight is 270 g/mol. The number of halogens is 1. The molecule has 0 saturated carbocycles. The average Bonchev–Trinajstić information content (AvgIpc) is 2.39. The van der Waals surface area contributed by atoms with Gasteiger partial charge >= 0.3 is 0 Å². The maximum absolute atomic E-state index is 11.8. The summed E-state index contributed by atoms with van der Waals surface area (Å²) >= 11 is 5.66. The fraction of sp³-hybridized carbons (Fsp3) is 0.500. The summed E-state index contributed by atoms with van der Waals surface area (Å²) in [6, 6.07) is 7.84. The topological polar surface area (TPSA) is 29.5 Å². The molecule has 1 aromatic carbocycles. The lowest BCUT2D eigenvalue weighted by atomic mass is 10.2. The van der Waals surface area contributed by atoms with Crippen molar-refractivity contribution in [2.24, 2.45) is 5.92 Å². The second-order valence-electron chi connectivity index (χ2n) is 4.43. The zero-order valence-electron chi connectivity index (χ0n) is 11.1. The number of likely N-dealkylation sites (N-methyl/N-ethyl adjacent to an activating group) is 1. The molecule has 1 rings (SSSR count). The third-order valence-corrected chi connectivity index (χ3v) is 3.27. The summed E-state index contributed by atoms with van der Waals surface area (Å²) in [6.07, 6.45) is 0. The summed E-state index contributed by atoms with van der Waals surface area (Å²) in [5.74, 6) is 1.12. The van der Waals surface area contributed by atoms with E-state index in [0.717, 1.165) is 11.3 Å². The Hall–Kier alpha value is -1.22. The molecule has 0 heterocycles. The molecule has 0 aromatic heterocycles. The van der Waals surface area contributed by atoms with Crippen molar-refractivity contribution in [1.82, 2.24) is 4.90 Å². The molecule has 1 unspecified atom stereocenters. The third kappa shape index (κ3) is 4.22. The second kappa shape index (κ2) is 7.27. The fourth-order valence-corrected chi connectivity index (χ4v) is 1.70. The molecule has 100 valence electrons. The van der Waals surface area contributed by atoms with E-state index in [2.05, 4.69) is 0 Å². The molecule has 1 amide bonds. The summed E-state index contributed by atoms with van der Waals surface area (Å²) < 4.78 is 5.64. The van der Waals surface area contributed by atoms with E-state index < -0.39 is 0 Å². The molecule has 18 heavy (non-hydrogen) atoms. The van der Waals surface area contributed by atoms with Gasteiger partial charge in [-0.15, -0.1) is 11.6 Å². The van der Waals surface area contributed by atoms with E-state index in [1.807, 2.05) is 38.1 Å². The van der Waals surface area contributed by atoms with Gasteiger partial charge in [0.25, 0.3) is 0 Å². The molecule has 0 bridgehead atoms. The van der Waals surface area contributed by atoms with Crippen molar-refractivity contribution < 1.29 is 9.53 Å². The summed E-state index contributed by atoms with van der Waals surface area (Å²) in [5, 5.41) is 0. The van der Waals surface area contributed by atoms with E-state index in [1.54, 1.807) is 11.9 Å². The predicted octanol–water partition coefficient (Wildman–Crippen LogP) is 2.71. The molecule has 0 aliphatic carbocycles. The van der Waals surface area contributed by atoms with Gasteiger partial charge in [-0.1, -0.05) is 25.1 Å². The number of benzene rings is 1. The molecule has 0 fully saturated rings. The monoisotopic (exact) mass is 269 g/mol. The number of para-hydroxylation sites is 1. The number of hydrogen-bond acceptors (Lipinski definition) is 2. The SMILES string of the molecule is Cc1ccccc1OCCN(C)C(=O)C(C)CCl. The van der Waals surface area contributed by atoms with Crippen LogP contribution in [0.15, 0.2) is 24.3 Å². The lowest BCUT2D eigenvalue weighted by molar-refractivity contribution is -0.133. The molecule has 1 atom stereocenters. The number of ether oxygens (including phenoxy) is 1. The highest BCUT2D eigenvalue weighted by Gasteiger charge is 2.16. The van der Waals surface area contributed by atoms with Crippen LogP contribution in [-0.4, -0.2) is 36.9 Å². The number of hydrogen-bond donors (Lipinski definition) is 0. The first-order chi connectivity index (χ1) is 8.56. The Morgan fingerprint density at radius 3 is 2.72 bits per heavy atom. The van der Waals surface area contributed by atoms with Gasteiger partial charge in [0.15, 0.2) is 0 Å². The van der Waals surface area contributed by atoms with E-state index >= 15 is 0 Å². The van der Waals surface area contributed by atoms with Crippen molar-refractivity contribution >= 4 is 17.5 Å². The predicted molar refractivity (Wildman–Crippen MR) is 74.2 cm³/mol. The molecular formula is C14H20ClNO2. The van der Waals surface area contributed by atoms with Crippen molar-refractivity contribution in [3.8, 4) is 5.75 Å². The van der Waals surface area contributed by atoms with Gasteiger partial charge in [-0.25, -0.2) is 0 Å². The Balaban J connectivity index is 2.38. The van der Waals surface area contributed by atoms with E-state index in [-0.39, 0.29) is 11.8 Å². The third-order valence-electron chi connectivity index (χ3n) is 2.81. The number of carbonyl (C=O) groups excluding carboxylic acids is 1. The first-order valence-corrected chi connectivity index (χ1v) is 6.59. The molecule has 3 nitrogen and oxygen atoms in total. The number of alkyl halides is 1. The van der Waals surface area contributed by atoms with Crippen LogP contribution in [0.2, 0.25) is 0 Å². The molecule has 1 aromatic rings. The lowest BCUT2D eigenvalue weighted by Gasteiger charge is -2.20. The van der Waals surface area contributed by atoms with Gasteiger partial charge in [-0.2, -0.15) is 0 Å². The molecule has 0 N–H and O–H groups in total. The van der Waals surface area contributed by atoms with Gasteiger partial charge in [0, 0.05) is 18.8 Å². The highest BCUT2D eigenvalue weighted by molar-refractivity contribution is 6.19. The zero-order chi connectivity index (χ0) is 13.5. The summed E-state index contributed by atoms with van der Waals surface area (Å²) in [5.41, 5.74) is 1.10. The minimum absolute atomic E-state index is 0.0541. The van der Waals surface area contributed by atoms with E-state index in [0.29, 0.717) is 19.0 Å². The maximum atomic E-state index is 11.8. The van der Waals surface area contributed by atoms with E-state index in [9.17, 15) is 4.79 Å². The zero-order valence-corrected chi connectivity index (χ0v) is 11.9. The van der Waals surface area contributed by atoms with Gasteiger partial charge in [0.05, 0.1) is 6.54 Å².